The van der Waals surface area contributed by atoms with Gasteiger partial charge in [-0.05, 0) is 35.2 Å². The number of aromatic nitrogens is 1. The lowest BCUT2D eigenvalue weighted by Crippen LogP contribution is -2.25. The van der Waals surface area contributed by atoms with Gasteiger partial charge in [-0.25, -0.2) is 4.39 Å². The van der Waals surface area contributed by atoms with Crippen molar-refractivity contribution in [1.29, 1.82) is 0 Å². The van der Waals surface area contributed by atoms with Crippen molar-refractivity contribution in [2.24, 2.45) is 5.92 Å². The fourth-order valence-electron chi connectivity index (χ4n) is 2.10. The Kier molecular flexibility index (Phi) is 4.15. The standard InChI is InChI=1S/C15H19FN2/c1-11(2)15(13-3-5-14(16)6-4-13)18-10-12-7-8-17-9-12/h3-9,11,15,17-18H,10H2,1-2H3. The van der Waals surface area contributed by atoms with Crippen molar-refractivity contribution in [2.75, 3.05) is 0 Å². The lowest BCUT2D eigenvalue weighted by Gasteiger charge is -2.22. The molecule has 2 aromatic rings. The molecule has 0 saturated carbocycles. The predicted octanol–water partition coefficient (Wildman–Crippen LogP) is 3.64. The van der Waals surface area contributed by atoms with Crippen LogP contribution in [0.1, 0.15) is 31.0 Å². The number of benzene rings is 1. The van der Waals surface area contributed by atoms with Crippen LogP contribution in [0.25, 0.3) is 0 Å². The molecule has 2 nitrogen and oxygen atoms in total. The smallest absolute Gasteiger partial charge is 0.123 e. The molecule has 0 aliphatic carbocycles. The van der Waals surface area contributed by atoms with Gasteiger partial charge < -0.3 is 10.3 Å². The second kappa shape index (κ2) is 5.83. The van der Waals surface area contributed by atoms with Crippen LogP contribution in [-0.2, 0) is 6.54 Å². The molecule has 1 aromatic heterocycles. The maximum atomic E-state index is 12.9. The summed E-state index contributed by atoms with van der Waals surface area (Å²) in [5, 5.41) is 3.51. The van der Waals surface area contributed by atoms with Crippen molar-refractivity contribution in [2.45, 2.75) is 26.4 Å². The van der Waals surface area contributed by atoms with E-state index in [1.165, 1.54) is 17.7 Å². The molecular formula is C15H19FN2. The minimum atomic E-state index is -0.188. The molecule has 1 aromatic carbocycles. The maximum Gasteiger partial charge on any atom is 0.123 e. The first-order chi connectivity index (χ1) is 8.66. The Balaban J connectivity index is 2.06. The van der Waals surface area contributed by atoms with Crippen molar-refractivity contribution in [3.8, 4) is 0 Å². The Bertz CT molecular complexity index is 460. The summed E-state index contributed by atoms with van der Waals surface area (Å²) in [6.45, 7) is 5.14. The number of H-pyrrole nitrogens is 1. The average Bonchev–Trinajstić information content (AvgIpc) is 2.84. The summed E-state index contributed by atoms with van der Waals surface area (Å²) in [5.41, 5.74) is 2.35. The zero-order chi connectivity index (χ0) is 13.0. The van der Waals surface area contributed by atoms with E-state index in [4.69, 9.17) is 0 Å². The number of rotatable bonds is 5. The lowest BCUT2D eigenvalue weighted by atomic mass is 9.96. The first kappa shape index (κ1) is 12.8. The van der Waals surface area contributed by atoms with E-state index < -0.39 is 0 Å². The SMILES string of the molecule is CC(C)C(NCc1cc[nH]c1)c1ccc(F)cc1. The highest BCUT2D eigenvalue weighted by atomic mass is 19.1. The van der Waals surface area contributed by atoms with Crippen molar-refractivity contribution >= 4 is 0 Å². The summed E-state index contributed by atoms with van der Waals surface area (Å²) in [7, 11) is 0. The molecule has 0 radical (unpaired) electrons. The van der Waals surface area contributed by atoms with Crippen LogP contribution in [0, 0.1) is 11.7 Å². The van der Waals surface area contributed by atoms with Crippen LogP contribution in [-0.4, -0.2) is 4.98 Å². The number of hydrogen-bond acceptors (Lipinski definition) is 1. The van der Waals surface area contributed by atoms with Gasteiger partial charge in [0.2, 0.25) is 0 Å². The molecule has 3 heteroatoms. The van der Waals surface area contributed by atoms with E-state index in [0.717, 1.165) is 12.1 Å². The Morgan fingerprint density at radius 3 is 2.44 bits per heavy atom. The van der Waals surface area contributed by atoms with Gasteiger partial charge in [-0.1, -0.05) is 26.0 Å². The van der Waals surface area contributed by atoms with Gasteiger partial charge in [-0.15, -0.1) is 0 Å². The minimum Gasteiger partial charge on any atom is -0.367 e. The van der Waals surface area contributed by atoms with Gasteiger partial charge in [0.05, 0.1) is 0 Å². The van der Waals surface area contributed by atoms with E-state index in [-0.39, 0.29) is 11.9 Å². The quantitative estimate of drug-likeness (QED) is 0.828. The molecule has 0 amide bonds. The first-order valence-electron chi connectivity index (χ1n) is 6.27. The topological polar surface area (TPSA) is 27.8 Å². The molecule has 1 unspecified atom stereocenters. The third kappa shape index (κ3) is 3.20. The normalized spacial score (nSPS) is 12.9. The van der Waals surface area contributed by atoms with Crippen LogP contribution >= 0.6 is 0 Å². The molecule has 2 rings (SSSR count). The molecular weight excluding hydrogens is 227 g/mol. The molecule has 2 N–H and O–H groups in total. The summed E-state index contributed by atoms with van der Waals surface area (Å²) >= 11 is 0. The van der Waals surface area contributed by atoms with Crippen LogP contribution in [0.4, 0.5) is 4.39 Å². The highest BCUT2D eigenvalue weighted by molar-refractivity contribution is 5.21. The van der Waals surface area contributed by atoms with E-state index in [0.29, 0.717) is 5.92 Å². The van der Waals surface area contributed by atoms with E-state index in [9.17, 15) is 4.39 Å². The second-order valence-electron chi connectivity index (χ2n) is 4.87. The van der Waals surface area contributed by atoms with E-state index >= 15 is 0 Å². The molecule has 0 fully saturated rings. The van der Waals surface area contributed by atoms with Gasteiger partial charge in [0.15, 0.2) is 0 Å². The average molecular weight is 246 g/mol. The summed E-state index contributed by atoms with van der Waals surface area (Å²) < 4.78 is 12.9. The highest BCUT2D eigenvalue weighted by Gasteiger charge is 2.15. The fourth-order valence-corrected chi connectivity index (χ4v) is 2.10. The van der Waals surface area contributed by atoms with Crippen molar-refractivity contribution in [3.63, 3.8) is 0 Å². The highest BCUT2D eigenvalue weighted by Crippen LogP contribution is 2.22. The number of aromatic amines is 1. The monoisotopic (exact) mass is 246 g/mol. The first-order valence-corrected chi connectivity index (χ1v) is 6.27. The Labute approximate surface area is 107 Å². The van der Waals surface area contributed by atoms with Crippen LogP contribution in [0.2, 0.25) is 0 Å². The van der Waals surface area contributed by atoms with Gasteiger partial charge in [-0.3, -0.25) is 0 Å². The molecule has 0 spiro atoms. The molecule has 1 heterocycles. The third-order valence-electron chi connectivity index (χ3n) is 3.08. The molecule has 96 valence electrons. The zero-order valence-corrected chi connectivity index (χ0v) is 10.8. The molecule has 0 aliphatic heterocycles. The Hall–Kier alpha value is -1.61. The molecule has 0 saturated heterocycles. The summed E-state index contributed by atoms with van der Waals surface area (Å²) in [6.07, 6.45) is 3.90. The lowest BCUT2D eigenvalue weighted by molar-refractivity contribution is 0.410. The van der Waals surface area contributed by atoms with Crippen LogP contribution < -0.4 is 5.32 Å². The second-order valence-corrected chi connectivity index (χ2v) is 4.87. The largest absolute Gasteiger partial charge is 0.367 e. The van der Waals surface area contributed by atoms with E-state index in [1.807, 2.05) is 24.5 Å². The van der Waals surface area contributed by atoms with Crippen molar-refractivity contribution in [1.82, 2.24) is 10.3 Å². The molecule has 18 heavy (non-hydrogen) atoms. The van der Waals surface area contributed by atoms with Gasteiger partial charge >= 0.3 is 0 Å². The van der Waals surface area contributed by atoms with Gasteiger partial charge in [-0.2, -0.15) is 0 Å². The van der Waals surface area contributed by atoms with Crippen LogP contribution in [0.15, 0.2) is 42.7 Å². The Morgan fingerprint density at radius 1 is 1.17 bits per heavy atom. The number of halogens is 1. The van der Waals surface area contributed by atoms with Gasteiger partial charge in [0.25, 0.3) is 0 Å². The number of nitrogens with one attached hydrogen (secondary N) is 2. The fraction of sp³-hybridized carbons (Fsp3) is 0.333. The third-order valence-corrected chi connectivity index (χ3v) is 3.08. The Morgan fingerprint density at radius 2 is 1.89 bits per heavy atom. The van der Waals surface area contributed by atoms with Gasteiger partial charge in [0.1, 0.15) is 5.82 Å². The summed E-state index contributed by atoms with van der Waals surface area (Å²) in [6, 6.07) is 9.02. The zero-order valence-electron chi connectivity index (χ0n) is 10.8. The number of hydrogen-bond donors (Lipinski definition) is 2. The van der Waals surface area contributed by atoms with Crippen LogP contribution in [0.3, 0.4) is 0 Å². The minimum absolute atomic E-state index is 0.188. The van der Waals surface area contributed by atoms with Crippen LogP contribution in [0.5, 0.6) is 0 Å². The predicted molar refractivity (Wildman–Crippen MR) is 71.6 cm³/mol. The molecule has 1 atom stereocenters. The molecule has 0 bridgehead atoms. The summed E-state index contributed by atoms with van der Waals surface area (Å²) in [4.78, 5) is 3.04. The van der Waals surface area contributed by atoms with E-state index in [1.54, 1.807) is 0 Å². The summed E-state index contributed by atoms with van der Waals surface area (Å²) in [5.74, 6) is 0.265. The van der Waals surface area contributed by atoms with E-state index in [2.05, 4.69) is 30.2 Å². The maximum absolute atomic E-state index is 12.9. The van der Waals surface area contributed by atoms with Crippen molar-refractivity contribution < 1.29 is 4.39 Å². The molecule has 0 aliphatic rings. The van der Waals surface area contributed by atoms with Gasteiger partial charge in [0, 0.05) is 25.0 Å². The van der Waals surface area contributed by atoms with Crippen molar-refractivity contribution in [3.05, 3.63) is 59.7 Å².